The fraction of sp³-hybridized carbons (Fsp3) is 0.100. The number of thiocarbonyl (C=S) groups is 1. The summed E-state index contributed by atoms with van der Waals surface area (Å²) in [6.45, 7) is 2.01. The van der Waals surface area contributed by atoms with Crippen LogP contribution in [0.1, 0.15) is 11.3 Å². The van der Waals surface area contributed by atoms with Gasteiger partial charge >= 0.3 is 0 Å². The van der Waals surface area contributed by atoms with Crippen LogP contribution in [-0.4, -0.2) is 9.97 Å². The van der Waals surface area contributed by atoms with Gasteiger partial charge in [0, 0.05) is 15.4 Å². The number of aromatic nitrogens is 1. The van der Waals surface area contributed by atoms with Crippen molar-refractivity contribution in [1.82, 2.24) is 4.98 Å². The second-order valence-electron chi connectivity index (χ2n) is 3.18. The molecule has 0 saturated carbocycles. The summed E-state index contributed by atoms with van der Waals surface area (Å²) in [5, 5.41) is 1.15. The molecule has 0 aliphatic carbocycles. The lowest BCUT2D eigenvalue weighted by Gasteiger charge is -1.94. The zero-order valence-electron chi connectivity index (χ0n) is 7.60. The Kier molecular flexibility index (Phi) is 2.33. The van der Waals surface area contributed by atoms with Crippen molar-refractivity contribution in [2.75, 3.05) is 0 Å². The van der Waals surface area contributed by atoms with Gasteiger partial charge in [-0.2, -0.15) is 0 Å². The van der Waals surface area contributed by atoms with E-state index in [2.05, 4.69) is 27.0 Å². The highest BCUT2D eigenvalue weighted by atomic mass is 79.9. The standard InChI is InChI=1S/C10H9BrN2S/c1-5-7-4-6(11)2-3-8(7)13-9(5)10(12)14/h2-4,13H,1H3,(H2,12,14). The van der Waals surface area contributed by atoms with Crippen molar-refractivity contribution in [3.05, 3.63) is 33.9 Å². The van der Waals surface area contributed by atoms with Gasteiger partial charge in [0.1, 0.15) is 4.99 Å². The Balaban J connectivity index is 2.80. The van der Waals surface area contributed by atoms with Crippen LogP contribution in [0.5, 0.6) is 0 Å². The molecule has 0 bridgehead atoms. The zero-order valence-corrected chi connectivity index (χ0v) is 10.00. The maximum Gasteiger partial charge on any atom is 0.120 e. The highest BCUT2D eigenvalue weighted by Gasteiger charge is 2.09. The lowest BCUT2D eigenvalue weighted by molar-refractivity contribution is 1.37. The number of rotatable bonds is 1. The van der Waals surface area contributed by atoms with E-state index in [0.29, 0.717) is 4.99 Å². The summed E-state index contributed by atoms with van der Waals surface area (Å²) in [5.41, 5.74) is 8.63. The summed E-state index contributed by atoms with van der Waals surface area (Å²) in [5.74, 6) is 0. The molecule has 3 N–H and O–H groups in total. The van der Waals surface area contributed by atoms with Gasteiger partial charge in [-0.25, -0.2) is 0 Å². The number of aryl methyl sites for hydroxylation is 1. The molecule has 72 valence electrons. The van der Waals surface area contributed by atoms with E-state index in [0.717, 1.165) is 26.6 Å². The summed E-state index contributed by atoms with van der Waals surface area (Å²) in [6.07, 6.45) is 0. The van der Waals surface area contributed by atoms with Gasteiger partial charge in [-0.3, -0.25) is 0 Å². The number of hydrogen-bond acceptors (Lipinski definition) is 1. The first-order valence-electron chi connectivity index (χ1n) is 4.17. The van der Waals surface area contributed by atoms with Gasteiger partial charge in [-0.15, -0.1) is 0 Å². The maximum absolute atomic E-state index is 5.60. The number of H-pyrrole nitrogens is 1. The normalized spacial score (nSPS) is 10.7. The second-order valence-corrected chi connectivity index (χ2v) is 4.53. The molecule has 14 heavy (non-hydrogen) atoms. The zero-order chi connectivity index (χ0) is 10.3. The van der Waals surface area contributed by atoms with Crippen LogP contribution in [0.3, 0.4) is 0 Å². The minimum atomic E-state index is 0.412. The molecule has 0 radical (unpaired) electrons. The molecule has 2 nitrogen and oxygen atoms in total. The van der Waals surface area contributed by atoms with E-state index >= 15 is 0 Å². The number of nitrogens with one attached hydrogen (secondary N) is 1. The molecule has 4 heteroatoms. The Morgan fingerprint density at radius 3 is 2.86 bits per heavy atom. The predicted molar refractivity (Wildman–Crippen MR) is 66.6 cm³/mol. The van der Waals surface area contributed by atoms with Crippen LogP contribution in [0.2, 0.25) is 0 Å². The molecule has 0 atom stereocenters. The van der Waals surface area contributed by atoms with Crippen LogP contribution in [-0.2, 0) is 0 Å². The summed E-state index contributed by atoms with van der Waals surface area (Å²) >= 11 is 8.39. The Morgan fingerprint density at radius 1 is 1.50 bits per heavy atom. The van der Waals surface area contributed by atoms with Gasteiger partial charge in [0.2, 0.25) is 0 Å². The van der Waals surface area contributed by atoms with Crippen molar-refractivity contribution >= 4 is 44.0 Å². The van der Waals surface area contributed by atoms with Crippen molar-refractivity contribution in [2.45, 2.75) is 6.92 Å². The fourth-order valence-electron chi connectivity index (χ4n) is 1.55. The van der Waals surface area contributed by atoms with Gasteiger partial charge in [-0.05, 0) is 30.7 Å². The molecule has 0 unspecified atom stereocenters. The van der Waals surface area contributed by atoms with E-state index in [-0.39, 0.29) is 0 Å². The topological polar surface area (TPSA) is 41.8 Å². The molecule has 0 amide bonds. The van der Waals surface area contributed by atoms with Crippen LogP contribution in [0.4, 0.5) is 0 Å². The third-order valence-electron chi connectivity index (χ3n) is 2.27. The fourth-order valence-corrected chi connectivity index (χ4v) is 2.11. The second kappa shape index (κ2) is 3.37. The van der Waals surface area contributed by atoms with Gasteiger partial charge in [0.15, 0.2) is 0 Å². The first-order chi connectivity index (χ1) is 6.59. The summed E-state index contributed by atoms with van der Waals surface area (Å²) in [7, 11) is 0. The molecular formula is C10H9BrN2S. The van der Waals surface area contributed by atoms with E-state index < -0.39 is 0 Å². The van der Waals surface area contributed by atoms with Crippen molar-refractivity contribution in [3.63, 3.8) is 0 Å². The molecule has 0 spiro atoms. The summed E-state index contributed by atoms with van der Waals surface area (Å²) in [6, 6.07) is 6.05. The molecule has 1 aromatic heterocycles. The third kappa shape index (κ3) is 1.44. The number of benzene rings is 1. The Hall–Kier alpha value is -0.870. The van der Waals surface area contributed by atoms with Gasteiger partial charge in [-0.1, -0.05) is 28.1 Å². The van der Waals surface area contributed by atoms with E-state index in [1.807, 2.05) is 19.1 Å². The smallest absolute Gasteiger partial charge is 0.120 e. The third-order valence-corrected chi connectivity index (χ3v) is 2.96. The number of nitrogens with two attached hydrogens (primary N) is 1. The molecule has 2 aromatic rings. The van der Waals surface area contributed by atoms with Crippen LogP contribution in [0, 0.1) is 6.92 Å². The van der Waals surface area contributed by atoms with Crippen LogP contribution >= 0.6 is 28.1 Å². The molecule has 1 aromatic carbocycles. The largest absolute Gasteiger partial charge is 0.388 e. The first-order valence-corrected chi connectivity index (χ1v) is 5.37. The monoisotopic (exact) mass is 268 g/mol. The van der Waals surface area contributed by atoms with Gasteiger partial charge in [0.25, 0.3) is 0 Å². The van der Waals surface area contributed by atoms with E-state index in [9.17, 15) is 0 Å². The van der Waals surface area contributed by atoms with Crippen LogP contribution in [0.25, 0.3) is 10.9 Å². The lowest BCUT2D eigenvalue weighted by Crippen LogP contribution is -2.10. The molecule has 0 aliphatic rings. The Morgan fingerprint density at radius 2 is 2.21 bits per heavy atom. The first kappa shape index (κ1) is 9.68. The number of fused-ring (bicyclic) bond motifs is 1. The molecule has 0 saturated heterocycles. The maximum atomic E-state index is 5.60. The van der Waals surface area contributed by atoms with Crippen molar-refractivity contribution in [3.8, 4) is 0 Å². The molecule has 0 fully saturated rings. The van der Waals surface area contributed by atoms with Crippen molar-refractivity contribution in [1.29, 1.82) is 0 Å². The van der Waals surface area contributed by atoms with Gasteiger partial charge < -0.3 is 10.7 Å². The number of aromatic amines is 1. The minimum Gasteiger partial charge on any atom is -0.388 e. The predicted octanol–water partition coefficient (Wildman–Crippen LogP) is 2.87. The van der Waals surface area contributed by atoms with E-state index in [1.165, 1.54) is 0 Å². The lowest BCUT2D eigenvalue weighted by atomic mass is 10.1. The van der Waals surface area contributed by atoms with Crippen molar-refractivity contribution < 1.29 is 0 Å². The van der Waals surface area contributed by atoms with Crippen molar-refractivity contribution in [2.24, 2.45) is 5.73 Å². The van der Waals surface area contributed by atoms with E-state index in [1.54, 1.807) is 0 Å². The summed E-state index contributed by atoms with van der Waals surface area (Å²) < 4.78 is 1.06. The number of halogens is 1. The van der Waals surface area contributed by atoms with Crippen LogP contribution in [0.15, 0.2) is 22.7 Å². The van der Waals surface area contributed by atoms with E-state index in [4.69, 9.17) is 18.0 Å². The highest BCUT2D eigenvalue weighted by molar-refractivity contribution is 9.10. The Labute approximate surface area is 95.6 Å². The molecular weight excluding hydrogens is 260 g/mol. The van der Waals surface area contributed by atoms with Crippen LogP contribution < -0.4 is 5.73 Å². The molecule has 1 heterocycles. The minimum absolute atomic E-state index is 0.412. The average molecular weight is 269 g/mol. The van der Waals surface area contributed by atoms with Gasteiger partial charge in [0.05, 0.1) is 5.69 Å². The SMILES string of the molecule is Cc1c(C(N)=S)[nH]c2ccc(Br)cc12. The molecule has 2 rings (SSSR count). The molecule has 0 aliphatic heterocycles. The average Bonchev–Trinajstić information content (AvgIpc) is 2.44. The summed E-state index contributed by atoms with van der Waals surface area (Å²) in [4.78, 5) is 3.62. The Bertz CT molecular complexity index is 516. The quantitative estimate of drug-likeness (QED) is 0.782. The number of hydrogen-bond donors (Lipinski definition) is 2. The highest BCUT2D eigenvalue weighted by Crippen LogP contribution is 2.24.